The second kappa shape index (κ2) is 12.5. The van der Waals surface area contributed by atoms with E-state index in [1.54, 1.807) is 19.1 Å². The molecule has 7 nitrogen and oxygen atoms in total. The van der Waals surface area contributed by atoms with Crippen LogP contribution in [0, 0.1) is 12.8 Å². The highest BCUT2D eigenvalue weighted by Crippen LogP contribution is 2.28. The Labute approximate surface area is 239 Å². The summed E-state index contributed by atoms with van der Waals surface area (Å²) >= 11 is 6.03. The summed E-state index contributed by atoms with van der Waals surface area (Å²) in [5.41, 5.74) is 0.807. The van der Waals surface area contributed by atoms with Crippen molar-refractivity contribution in [2.75, 3.05) is 0 Å². The molecule has 0 N–H and O–H groups in total. The minimum atomic E-state index is -4.88. The zero-order chi connectivity index (χ0) is 29.7. The van der Waals surface area contributed by atoms with E-state index in [4.69, 9.17) is 16.3 Å². The largest absolute Gasteiger partial charge is 0.573 e. The number of hydrogen-bond donors (Lipinski definition) is 0. The van der Waals surface area contributed by atoms with Crippen molar-refractivity contribution in [1.82, 2.24) is 9.13 Å². The van der Waals surface area contributed by atoms with Crippen LogP contribution in [0.25, 0.3) is 0 Å². The highest BCUT2D eigenvalue weighted by atomic mass is 35.5. The molecule has 0 bridgehead atoms. The molecule has 0 fully saturated rings. The van der Waals surface area contributed by atoms with Gasteiger partial charge < -0.3 is 9.47 Å². The normalized spacial score (nSPS) is 12.7. The summed E-state index contributed by atoms with van der Waals surface area (Å²) in [5.74, 6) is -0.700. The third kappa shape index (κ3) is 7.67. The van der Waals surface area contributed by atoms with Gasteiger partial charge in [0.05, 0.1) is 12.1 Å². The lowest BCUT2D eigenvalue weighted by molar-refractivity contribution is -0.274. The van der Waals surface area contributed by atoms with Crippen LogP contribution < -0.4 is 20.7 Å². The number of aromatic nitrogens is 2. The first kappa shape index (κ1) is 29.7. The van der Waals surface area contributed by atoms with Crippen LogP contribution in [0.5, 0.6) is 11.5 Å². The van der Waals surface area contributed by atoms with E-state index in [9.17, 15) is 22.8 Å². The van der Waals surface area contributed by atoms with Crippen molar-refractivity contribution >= 4 is 23.3 Å². The van der Waals surface area contributed by atoms with Crippen LogP contribution in [0.2, 0.25) is 5.02 Å². The molecule has 0 aliphatic carbocycles. The summed E-state index contributed by atoms with van der Waals surface area (Å²) in [6, 6.07) is 21.4. The Morgan fingerprint density at radius 1 is 0.951 bits per heavy atom. The van der Waals surface area contributed by atoms with Crippen LogP contribution in [0.15, 0.2) is 93.4 Å². The number of hydrogen-bond acceptors (Lipinski definition) is 5. The number of alkyl halides is 3. The maximum atomic E-state index is 13.3. The summed E-state index contributed by atoms with van der Waals surface area (Å²) in [5, 5.41) is 0.564. The van der Waals surface area contributed by atoms with Crippen molar-refractivity contribution in [1.29, 1.82) is 0 Å². The third-order valence-corrected chi connectivity index (χ3v) is 6.52. The molecular formula is C30H27ClF3N3O4. The molecular weight excluding hydrogens is 559 g/mol. The molecule has 0 saturated carbocycles. The van der Waals surface area contributed by atoms with Crippen LogP contribution >= 0.6 is 11.6 Å². The van der Waals surface area contributed by atoms with Gasteiger partial charge in [0.15, 0.2) is 5.90 Å². The van der Waals surface area contributed by atoms with E-state index in [1.165, 1.54) is 23.7 Å². The first-order chi connectivity index (χ1) is 19.4. The summed E-state index contributed by atoms with van der Waals surface area (Å²) in [6.07, 6.45) is -4.46. The van der Waals surface area contributed by atoms with Crippen molar-refractivity contribution < 1.29 is 22.6 Å². The zero-order valence-corrected chi connectivity index (χ0v) is 23.2. The second-order valence-corrected chi connectivity index (χ2v) is 9.91. The number of rotatable bonds is 8. The lowest BCUT2D eigenvalue weighted by Gasteiger charge is -2.19. The van der Waals surface area contributed by atoms with Crippen molar-refractivity contribution in [3.05, 3.63) is 121 Å². The van der Waals surface area contributed by atoms with Crippen LogP contribution in [0.1, 0.15) is 23.6 Å². The van der Waals surface area contributed by atoms with Crippen LogP contribution in [-0.2, 0) is 20.0 Å². The highest BCUT2D eigenvalue weighted by molar-refractivity contribution is 6.30. The molecule has 11 heteroatoms. The molecule has 4 rings (SSSR count). The van der Waals surface area contributed by atoms with Gasteiger partial charge in [-0.05, 0) is 48.7 Å². The molecule has 0 saturated heterocycles. The van der Waals surface area contributed by atoms with Gasteiger partial charge in [-0.25, -0.2) is 4.79 Å². The highest BCUT2D eigenvalue weighted by Gasteiger charge is 2.31. The predicted molar refractivity (Wildman–Crippen MR) is 151 cm³/mol. The minimum Gasteiger partial charge on any atom is -0.442 e. The Bertz CT molecular complexity index is 1660. The summed E-state index contributed by atoms with van der Waals surface area (Å²) in [7, 11) is 1.39. The molecule has 0 radical (unpaired) electrons. The number of halogens is 4. The number of ether oxygens (including phenoxy) is 2. The molecule has 1 heterocycles. The Hall–Kier alpha value is -4.31. The van der Waals surface area contributed by atoms with E-state index in [-0.39, 0.29) is 29.6 Å². The fourth-order valence-electron chi connectivity index (χ4n) is 4.22. The van der Waals surface area contributed by atoms with Crippen molar-refractivity contribution in [3.8, 4) is 11.5 Å². The monoisotopic (exact) mass is 585 g/mol. The van der Waals surface area contributed by atoms with E-state index >= 15 is 0 Å². The minimum absolute atomic E-state index is 0.0342. The van der Waals surface area contributed by atoms with E-state index < -0.39 is 29.3 Å². The first-order valence-corrected chi connectivity index (χ1v) is 13.0. The van der Waals surface area contributed by atoms with E-state index in [2.05, 4.69) is 9.73 Å². The topological polar surface area (TPSA) is 74.8 Å². The zero-order valence-electron chi connectivity index (χ0n) is 22.5. The lowest BCUT2D eigenvalue weighted by Crippen LogP contribution is -2.39. The quantitative estimate of drug-likeness (QED) is 0.176. The standard InChI is InChI=1S/C30H27ClF3N3O4/c1-19(16-21-12-14-23(31)15-13-21)27(40-24-10-7-11-25(17-24)41-30(32,33)34)35-26-20(2)28(38)36(3)29(39)37(26)18-22-8-5-4-6-9-22/h4-15,17,19H,16,18H2,1-3H3. The van der Waals surface area contributed by atoms with E-state index in [1.807, 2.05) is 49.4 Å². The molecule has 4 aromatic rings. The molecule has 0 amide bonds. The molecule has 1 unspecified atom stereocenters. The van der Waals surface area contributed by atoms with Gasteiger partial charge >= 0.3 is 12.1 Å². The average molecular weight is 586 g/mol. The van der Waals surface area contributed by atoms with Gasteiger partial charge in [-0.1, -0.05) is 67.1 Å². The Morgan fingerprint density at radius 3 is 2.27 bits per heavy atom. The predicted octanol–water partition coefficient (Wildman–Crippen LogP) is 6.44. The van der Waals surface area contributed by atoms with Crippen LogP contribution in [0.3, 0.4) is 0 Å². The summed E-state index contributed by atoms with van der Waals surface area (Å²) in [4.78, 5) is 30.9. The van der Waals surface area contributed by atoms with Crippen molar-refractivity contribution in [2.45, 2.75) is 33.2 Å². The molecule has 0 spiro atoms. The number of aliphatic imine (C=N–C) groups is 1. The van der Waals surface area contributed by atoms with Gasteiger partial charge in [-0.15, -0.1) is 13.2 Å². The molecule has 214 valence electrons. The van der Waals surface area contributed by atoms with Crippen LogP contribution in [-0.4, -0.2) is 21.4 Å². The van der Waals surface area contributed by atoms with E-state index in [0.717, 1.165) is 27.8 Å². The molecule has 41 heavy (non-hydrogen) atoms. The summed E-state index contributed by atoms with van der Waals surface area (Å²) in [6.45, 7) is 3.50. The Morgan fingerprint density at radius 2 is 1.61 bits per heavy atom. The van der Waals surface area contributed by atoms with Gasteiger partial charge in [0.1, 0.15) is 17.3 Å². The van der Waals surface area contributed by atoms with Crippen molar-refractivity contribution in [3.63, 3.8) is 0 Å². The third-order valence-electron chi connectivity index (χ3n) is 6.27. The Balaban J connectivity index is 1.83. The maximum absolute atomic E-state index is 13.3. The summed E-state index contributed by atoms with van der Waals surface area (Å²) < 4.78 is 51.0. The maximum Gasteiger partial charge on any atom is 0.573 e. The smallest absolute Gasteiger partial charge is 0.442 e. The van der Waals surface area contributed by atoms with Gasteiger partial charge in [0.2, 0.25) is 0 Å². The van der Waals surface area contributed by atoms with E-state index in [0.29, 0.717) is 11.4 Å². The van der Waals surface area contributed by atoms with Crippen LogP contribution in [0.4, 0.5) is 19.0 Å². The fourth-order valence-corrected chi connectivity index (χ4v) is 4.34. The molecule has 3 aromatic carbocycles. The average Bonchev–Trinajstić information content (AvgIpc) is 2.93. The molecule has 0 aliphatic rings. The van der Waals surface area contributed by atoms with Crippen molar-refractivity contribution in [2.24, 2.45) is 18.0 Å². The SMILES string of the molecule is Cc1c(N=C(Oc2cccc(OC(F)(F)F)c2)C(C)Cc2ccc(Cl)cc2)n(Cc2ccccc2)c(=O)n(C)c1=O. The Kier molecular flexibility index (Phi) is 9.02. The number of nitrogens with zero attached hydrogens (tertiary/aromatic N) is 3. The molecule has 0 aliphatic heterocycles. The first-order valence-electron chi connectivity index (χ1n) is 12.6. The van der Waals surface area contributed by atoms with Gasteiger partial charge in [-0.3, -0.25) is 13.9 Å². The van der Waals surface area contributed by atoms with Gasteiger partial charge in [0, 0.05) is 24.1 Å². The lowest BCUT2D eigenvalue weighted by atomic mass is 10.0. The number of benzene rings is 3. The second-order valence-electron chi connectivity index (χ2n) is 9.47. The molecule has 1 aromatic heterocycles. The van der Waals surface area contributed by atoms with Gasteiger partial charge in [-0.2, -0.15) is 4.99 Å². The van der Waals surface area contributed by atoms with Gasteiger partial charge in [0.25, 0.3) is 5.56 Å². The fraction of sp³-hybridized carbons (Fsp3) is 0.233. The molecule has 1 atom stereocenters.